The van der Waals surface area contributed by atoms with Crippen LogP contribution in [0.3, 0.4) is 0 Å². The summed E-state index contributed by atoms with van der Waals surface area (Å²) >= 11 is 0. The average molecular weight is 370 g/mol. The first-order chi connectivity index (χ1) is 12.8. The first-order valence-corrected chi connectivity index (χ1v) is 8.87. The normalized spacial score (nSPS) is 11.9. The van der Waals surface area contributed by atoms with Crippen LogP contribution in [-0.4, -0.2) is 59.3 Å². The lowest BCUT2D eigenvalue weighted by Crippen LogP contribution is -2.35. The Bertz CT molecular complexity index is 787. The van der Waals surface area contributed by atoms with Crippen molar-refractivity contribution in [2.45, 2.75) is 26.0 Å². The summed E-state index contributed by atoms with van der Waals surface area (Å²) in [6, 6.07) is 14.4. The van der Waals surface area contributed by atoms with Gasteiger partial charge < -0.3 is 20.4 Å². The van der Waals surface area contributed by atoms with Gasteiger partial charge in [-0.05, 0) is 49.2 Å². The Labute approximate surface area is 159 Å². The molecule has 0 bridgehead atoms. The van der Waals surface area contributed by atoms with E-state index in [2.05, 4.69) is 5.32 Å². The molecule has 0 saturated carbocycles. The van der Waals surface area contributed by atoms with Crippen molar-refractivity contribution >= 4 is 11.8 Å². The van der Waals surface area contributed by atoms with E-state index in [0.29, 0.717) is 11.1 Å². The molecule has 0 aliphatic heterocycles. The molecule has 3 N–H and O–H groups in total. The molecule has 0 aromatic heterocycles. The molecule has 2 amide bonds. The fraction of sp³-hybridized carbons (Fsp3) is 0.333. The Morgan fingerprint density at radius 1 is 1.04 bits per heavy atom. The number of amides is 2. The van der Waals surface area contributed by atoms with Crippen molar-refractivity contribution in [3.05, 3.63) is 59.7 Å². The first-order valence-electron chi connectivity index (χ1n) is 8.87. The van der Waals surface area contributed by atoms with Crippen LogP contribution in [0.25, 0.3) is 11.1 Å². The zero-order chi connectivity index (χ0) is 20.0. The number of hydrogen-bond donors (Lipinski definition) is 3. The van der Waals surface area contributed by atoms with Crippen molar-refractivity contribution in [2.24, 2.45) is 0 Å². The van der Waals surface area contributed by atoms with Gasteiger partial charge in [0.1, 0.15) is 0 Å². The Balaban J connectivity index is 2.15. The largest absolute Gasteiger partial charge is 0.394 e. The van der Waals surface area contributed by atoms with Gasteiger partial charge >= 0.3 is 0 Å². The molecule has 144 valence electrons. The maximum absolute atomic E-state index is 12.4. The number of aliphatic hydroxyl groups excluding tert-OH is 2. The van der Waals surface area contributed by atoms with E-state index < -0.39 is 12.7 Å². The average Bonchev–Trinajstić information content (AvgIpc) is 2.67. The van der Waals surface area contributed by atoms with E-state index in [1.165, 1.54) is 4.90 Å². The SMILES string of the molecule is CC(C)NC(=O)c1cccc(-c2ccc(C(=O)N(C)CC(O)CO)cc2)c1. The van der Waals surface area contributed by atoms with Crippen LogP contribution in [0, 0.1) is 0 Å². The first kappa shape index (κ1) is 20.6. The van der Waals surface area contributed by atoms with Gasteiger partial charge in [-0.1, -0.05) is 24.3 Å². The van der Waals surface area contributed by atoms with Gasteiger partial charge in [0.05, 0.1) is 12.7 Å². The van der Waals surface area contributed by atoms with Gasteiger partial charge in [-0.2, -0.15) is 0 Å². The van der Waals surface area contributed by atoms with Crippen LogP contribution >= 0.6 is 0 Å². The molecule has 1 unspecified atom stereocenters. The molecule has 0 saturated heterocycles. The Morgan fingerprint density at radius 3 is 2.30 bits per heavy atom. The van der Waals surface area contributed by atoms with Crippen molar-refractivity contribution in [1.82, 2.24) is 10.2 Å². The number of carbonyl (C=O) groups is 2. The minimum atomic E-state index is -0.960. The molecule has 2 rings (SSSR count). The Morgan fingerprint density at radius 2 is 1.70 bits per heavy atom. The molecule has 0 aliphatic carbocycles. The monoisotopic (exact) mass is 370 g/mol. The van der Waals surface area contributed by atoms with Gasteiger partial charge in [-0.25, -0.2) is 0 Å². The van der Waals surface area contributed by atoms with Crippen LogP contribution in [0.5, 0.6) is 0 Å². The zero-order valence-corrected chi connectivity index (χ0v) is 15.8. The molecule has 2 aromatic carbocycles. The zero-order valence-electron chi connectivity index (χ0n) is 15.8. The van der Waals surface area contributed by atoms with E-state index in [9.17, 15) is 14.7 Å². The highest BCUT2D eigenvalue weighted by atomic mass is 16.3. The van der Waals surface area contributed by atoms with Gasteiger partial charge in [-0.3, -0.25) is 9.59 Å². The summed E-state index contributed by atoms with van der Waals surface area (Å²) in [7, 11) is 1.58. The smallest absolute Gasteiger partial charge is 0.253 e. The van der Waals surface area contributed by atoms with Gasteiger partial charge in [0.2, 0.25) is 0 Å². The molecule has 6 nitrogen and oxygen atoms in total. The van der Waals surface area contributed by atoms with Gasteiger partial charge in [0.25, 0.3) is 11.8 Å². The predicted molar refractivity (Wildman–Crippen MR) is 105 cm³/mol. The van der Waals surface area contributed by atoms with Crippen molar-refractivity contribution in [1.29, 1.82) is 0 Å². The second-order valence-electron chi connectivity index (χ2n) is 6.81. The highest BCUT2D eigenvalue weighted by Crippen LogP contribution is 2.21. The summed E-state index contributed by atoms with van der Waals surface area (Å²) in [4.78, 5) is 25.9. The van der Waals surface area contributed by atoms with E-state index in [-0.39, 0.29) is 24.4 Å². The number of likely N-dealkylation sites (N-methyl/N-ethyl adjacent to an activating group) is 1. The molecule has 6 heteroatoms. The number of carbonyl (C=O) groups excluding carboxylic acids is 2. The maximum atomic E-state index is 12.4. The van der Waals surface area contributed by atoms with E-state index in [4.69, 9.17) is 5.11 Å². The van der Waals surface area contributed by atoms with E-state index in [1.54, 1.807) is 25.2 Å². The summed E-state index contributed by atoms with van der Waals surface area (Å²) in [5, 5.41) is 21.2. The second kappa shape index (κ2) is 9.30. The second-order valence-corrected chi connectivity index (χ2v) is 6.81. The summed E-state index contributed by atoms with van der Waals surface area (Å²) in [5.41, 5.74) is 2.84. The van der Waals surface area contributed by atoms with Crippen LogP contribution in [-0.2, 0) is 0 Å². The van der Waals surface area contributed by atoms with E-state index >= 15 is 0 Å². The van der Waals surface area contributed by atoms with Crippen molar-refractivity contribution in [3.63, 3.8) is 0 Å². The fourth-order valence-corrected chi connectivity index (χ4v) is 2.67. The van der Waals surface area contributed by atoms with Crippen molar-refractivity contribution in [2.75, 3.05) is 20.2 Å². The third-order valence-corrected chi connectivity index (χ3v) is 4.05. The lowest BCUT2D eigenvalue weighted by Gasteiger charge is -2.19. The van der Waals surface area contributed by atoms with E-state index in [0.717, 1.165) is 11.1 Å². The molecule has 0 fully saturated rings. The fourth-order valence-electron chi connectivity index (χ4n) is 2.67. The lowest BCUT2D eigenvalue weighted by atomic mass is 10.0. The minimum Gasteiger partial charge on any atom is -0.394 e. The number of nitrogens with zero attached hydrogens (tertiary/aromatic N) is 1. The van der Waals surface area contributed by atoms with Crippen LogP contribution in [0.2, 0.25) is 0 Å². The molecule has 27 heavy (non-hydrogen) atoms. The Kier molecular flexibility index (Phi) is 7.10. The third kappa shape index (κ3) is 5.64. The quantitative estimate of drug-likeness (QED) is 0.695. The van der Waals surface area contributed by atoms with Crippen LogP contribution < -0.4 is 5.32 Å². The molecular weight excluding hydrogens is 344 g/mol. The van der Waals surface area contributed by atoms with Crippen LogP contribution in [0.4, 0.5) is 0 Å². The molecule has 0 heterocycles. The number of nitrogens with one attached hydrogen (secondary N) is 1. The van der Waals surface area contributed by atoms with Crippen molar-refractivity contribution < 1.29 is 19.8 Å². The number of benzene rings is 2. The maximum Gasteiger partial charge on any atom is 0.253 e. The molecule has 2 aromatic rings. The summed E-state index contributed by atoms with van der Waals surface area (Å²) in [6.45, 7) is 3.49. The molecular formula is C21H26N2O4. The van der Waals surface area contributed by atoms with Crippen LogP contribution in [0.1, 0.15) is 34.6 Å². The van der Waals surface area contributed by atoms with E-state index in [1.807, 2.05) is 44.2 Å². The summed E-state index contributed by atoms with van der Waals surface area (Å²) in [5.74, 6) is -0.359. The lowest BCUT2D eigenvalue weighted by molar-refractivity contribution is 0.0520. The number of hydrogen-bond acceptors (Lipinski definition) is 4. The van der Waals surface area contributed by atoms with Gasteiger partial charge in [0.15, 0.2) is 0 Å². The molecule has 0 radical (unpaired) electrons. The summed E-state index contributed by atoms with van der Waals surface area (Å²) < 4.78 is 0. The van der Waals surface area contributed by atoms with Gasteiger partial charge in [-0.15, -0.1) is 0 Å². The van der Waals surface area contributed by atoms with Crippen LogP contribution in [0.15, 0.2) is 48.5 Å². The standard InChI is InChI=1S/C21H26N2O4/c1-14(2)22-20(26)18-6-4-5-17(11-18)15-7-9-16(10-8-15)21(27)23(3)12-19(25)13-24/h4-11,14,19,24-25H,12-13H2,1-3H3,(H,22,26). The predicted octanol–water partition coefficient (Wildman–Crippen LogP) is 1.92. The third-order valence-electron chi connectivity index (χ3n) is 4.05. The highest BCUT2D eigenvalue weighted by molar-refractivity contribution is 5.96. The number of aliphatic hydroxyl groups is 2. The molecule has 0 aliphatic rings. The summed E-state index contributed by atoms with van der Waals surface area (Å²) in [6.07, 6.45) is -0.960. The topological polar surface area (TPSA) is 89.9 Å². The van der Waals surface area contributed by atoms with Gasteiger partial charge in [0, 0.05) is 30.8 Å². The molecule has 0 spiro atoms. The number of rotatable bonds is 7. The molecule has 1 atom stereocenters. The Hall–Kier alpha value is -2.70. The minimum absolute atomic E-state index is 0.0596. The van der Waals surface area contributed by atoms with Crippen molar-refractivity contribution in [3.8, 4) is 11.1 Å². The highest BCUT2D eigenvalue weighted by Gasteiger charge is 2.15.